The third-order valence-corrected chi connectivity index (χ3v) is 5.69. The summed E-state index contributed by atoms with van der Waals surface area (Å²) in [4.78, 5) is 51.8. The molecular weight excluding hydrogens is 530 g/mol. The molecule has 1 aromatic heterocycles. The third kappa shape index (κ3) is 14.2. The molecule has 0 saturated heterocycles. The molecule has 2 rings (SSSR count). The van der Waals surface area contributed by atoms with Crippen LogP contribution in [0.15, 0.2) is 29.3 Å². The topological polar surface area (TPSA) is 242 Å². The lowest BCUT2D eigenvalue weighted by atomic mass is 10.1. The van der Waals surface area contributed by atoms with Crippen LogP contribution in [0.5, 0.6) is 0 Å². The summed E-state index contributed by atoms with van der Waals surface area (Å²) in [7, 11) is -3.35. The van der Waals surface area contributed by atoms with Gasteiger partial charge in [-0.3, -0.25) is 14.9 Å². The number of nitrogens with two attached hydrogens (primary N) is 1. The molecular formula is C20H27N7O8S2. The predicted octanol–water partition coefficient (Wildman–Crippen LogP) is 0.716. The molecule has 37 heavy (non-hydrogen) atoms. The van der Waals surface area contributed by atoms with Crippen molar-refractivity contribution in [3.8, 4) is 0 Å². The van der Waals surface area contributed by atoms with Gasteiger partial charge < -0.3 is 26.6 Å². The average molecular weight is 558 g/mol. The van der Waals surface area contributed by atoms with Gasteiger partial charge in [0.15, 0.2) is 5.13 Å². The fraction of sp³-hybridized carbons (Fsp3) is 0.300. The van der Waals surface area contributed by atoms with E-state index in [4.69, 9.17) is 15.0 Å². The lowest BCUT2D eigenvalue weighted by Crippen LogP contribution is -2.34. The average Bonchev–Trinajstić information content (AvgIpc) is 3.16. The zero-order valence-corrected chi connectivity index (χ0v) is 21.5. The predicted molar refractivity (Wildman–Crippen MR) is 137 cm³/mol. The first kappa shape index (κ1) is 30.9. The number of hydrogen-bond acceptors (Lipinski definition) is 9. The molecule has 0 spiro atoms. The number of carboxylic acid groups (broad SMARTS) is 2. The molecule has 0 saturated carbocycles. The number of amides is 4. The third-order valence-electron chi connectivity index (χ3n) is 3.95. The first-order valence-corrected chi connectivity index (χ1v) is 13.1. The van der Waals surface area contributed by atoms with Gasteiger partial charge in [0.05, 0.1) is 24.0 Å². The highest BCUT2D eigenvalue weighted by atomic mass is 32.2. The minimum Gasteiger partial charge on any atom is -0.465 e. The smallest absolute Gasteiger partial charge is 0.409 e. The van der Waals surface area contributed by atoms with Crippen molar-refractivity contribution in [1.82, 2.24) is 20.3 Å². The van der Waals surface area contributed by atoms with Crippen molar-refractivity contribution in [2.45, 2.75) is 19.8 Å². The van der Waals surface area contributed by atoms with E-state index >= 15 is 0 Å². The van der Waals surface area contributed by atoms with Gasteiger partial charge in [0, 0.05) is 20.0 Å². The Morgan fingerprint density at radius 3 is 2.27 bits per heavy atom. The van der Waals surface area contributed by atoms with Gasteiger partial charge >= 0.3 is 12.2 Å². The maximum Gasteiger partial charge on any atom is 0.409 e. The van der Waals surface area contributed by atoms with Gasteiger partial charge in [0.25, 0.3) is 5.91 Å². The quantitative estimate of drug-likeness (QED) is 0.117. The normalized spacial score (nSPS) is 10.8. The van der Waals surface area contributed by atoms with E-state index in [1.165, 1.54) is 6.92 Å². The monoisotopic (exact) mass is 557 g/mol. The fourth-order valence-electron chi connectivity index (χ4n) is 2.57. The molecule has 202 valence electrons. The van der Waals surface area contributed by atoms with Crippen molar-refractivity contribution in [3.05, 3.63) is 40.4 Å². The molecule has 0 aliphatic carbocycles. The maximum absolute atomic E-state index is 12.6. The van der Waals surface area contributed by atoms with Crippen LogP contribution in [0.3, 0.4) is 0 Å². The second-order valence-corrected chi connectivity index (χ2v) is 9.94. The molecule has 8 N–H and O–H groups in total. The van der Waals surface area contributed by atoms with E-state index in [1.807, 2.05) is 17.4 Å². The molecule has 0 aliphatic rings. The molecule has 0 fully saturated rings. The number of carbonyl (C=O) groups excluding carboxylic acids is 2. The van der Waals surface area contributed by atoms with Gasteiger partial charge in [0.2, 0.25) is 15.9 Å². The number of aryl methyl sites for hydroxylation is 2. The van der Waals surface area contributed by atoms with E-state index in [-0.39, 0.29) is 19.0 Å². The Kier molecular flexibility index (Phi) is 12.6. The number of aromatic nitrogens is 1. The molecule has 15 nitrogen and oxygen atoms in total. The molecule has 0 aliphatic heterocycles. The summed E-state index contributed by atoms with van der Waals surface area (Å²) < 4.78 is 24.5. The zero-order chi connectivity index (χ0) is 28.0. The van der Waals surface area contributed by atoms with Crippen LogP contribution in [0, 0.1) is 0 Å². The molecule has 0 unspecified atom stereocenters. The summed E-state index contributed by atoms with van der Waals surface area (Å²) in [6.45, 7) is 1.49. The first-order chi connectivity index (χ1) is 17.3. The van der Waals surface area contributed by atoms with Crippen LogP contribution in [0.25, 0.3) is 0 Å². The van der Waals surface area contributed by atoms with E-state index in [9.17, 15) is 22.8 Å². The Morgan fingerprint density at radius 1 is 1.11 bits per heavy atom. The number of rotatable bonds is 11. The minimum atomic E-state index is -3.35. The molecule has 2 aromatic rings. The summed E-state index contributed by atoms with van der Waals surface area (Å²) in [6.07, 6.45) is 0.539. The summed E-state index contributed by atoms with van der Waals surface area (Å²) in [5.41, 5.74) is 6.04. The molecule has 17 heteroatoms. The number of hydrogen-bond donors (Lipinski definition) is 7. The largest absolute Gasteiger partial charge is 0.465 e. The summed E-state index contributed by atoms with van der Waals surface area (Å²) in [6, 6.07) is 7.10. The number of nitrogens with zero attached hydrogens (tertiary/aromatic N) is 2. The van der Waals surface area contributed by atoms with Crippen LogP contribution >= 0.6 is 11.3 Å². The van der Waals surface area contributed by atoms with Gasteiger partial charge in [-0.2, -0.15) is 0 Å². The minimum absolute atomic E-state index is 0.0497. The number of anilines is 1. The van der Waals surface area contributed by atoms with Crippen LogP contribution in [0.2, 0.25) is 0 Å². The number of benzene rings is 1. The number of sulfonamides is 1. The number of carbonyl (C=O) groups is 4. The number of aliphatic imine (C=N–C) groups is 1. The van der Waals surface area contributed by atoms with Crippen molar-refractivity contribution in [3.63, 3.8) is 0 Å². The van der Waals surface area contributed by atoms with Crippen LogP contribution in [-0.4, -0.2) is 73.3 Å². The molecule has 1 aromatic carbocycles. The number of thiazole rings is 1. The summed E-state index contributed by atoms with van der Waals surface area (Å²) in [5, 5.41) is 23.3. The molecule has 0 radical (unpaired) electrons. The number of primary amides is 1. The van der Waals surface area contributed by atoms with Crippen molar-refractivity contribution in [1.29, 1.82) is 0 Å². The Labute approximate surface area is 216 Å². The van der Waals surface area contributed by atoms with Crippen LogP contribution in [0.4, 0.5) is 20.4 Å². The molecule has 0 bridgehead atoms. The Hall–Kier alpha value is -4.09. The molecule has 1 heterocycles. The Morgan fingerprint density at radius 2 is 1.73 bits per heavy atom. The standard InChI is InChI=1S/C19H24N6O6S2.CH3NO2/c1-12(26)24-18-25-15(16(32-18)17(27)20-9-10-23-33(2,30)31)8-5-13-3-6-14(7-4-13)21-11-22-19(28)29;2-1(3)4/h3-4,6-7,11,23H,5,8-10H2,1-2H3,(H,20,27)(H,21,22)(H,28,29)(H,24,25,26);2H2,(H,3,4). The fourth-order valence-corrected chi connectivity index (χ4v) is 4.02. The second-order valence-electron chi connectivity index (χ2n) is 7.11. The molecule has 4 amide bonds. The van der Waals surface area contributed by atoms with E-state index < -0.39 is 28.1 Å². The summed E-state index contributed by atoms with van der Waals surface area (Å²) >= 11 is 1.04. The van der Waals surface area contributed by atoms with E-state index in [1.54, 1.807) is 12.1 Å². The maximum atomic E-state index is 12.6. The van der Waals surface area contributed by atoms with E-state index in [0.29, 0.717) is 34.2 Å². The highest BCUT2D eigenvalue weighted by Crippen LogP contribution is 2.25. The highest BCUT2D eigenvalue weighted by Gasteiger charge is 2.18. The lowest BCUT2D eigenvalue weighted by Gasteiger charge is -2.06. The lowest BCUT2D eigenvalue weighted by molar-refractivity contribution is -0.114. The van der Waals surface area contributed by atoms with Crippen LogP contribution in [0.1, 0.15) is 27.9 Å². The van der Waals surface area contributed by atoms with Gasteiger partial charge in [-0.25, -0.2) is 32.7 Å². The zero-order valence-electron chi connectivity index (χ0n) is 19.8. The van der Waals surface area contributed by atoms with Crippen molar-refractivity contribution >= 4 is 62.5 Å². The Bertz CT molecular complexity index is 1220. The SMILES string of the molecule is CC(=O)Nc1nc(CCc2ccc(N=CNC(=O)O)cc2)c(C(=O)NCCNS(C)(=O)=O)s1.NC(=O)O. The second kappa shape index (κ2) is 15.1. The van der Waals surface area contributed by atoms with Crippen molar-refractivity contribution in [2.75, 3.05) is 24.7 Å². The van der Waals surface area contributed by atoms with Crippen LogP contribution < -0.4 is 26.4 Å². The van der Waals surface area contributed by atoms with Gasteiger partial charge in [-0.15, -0.1) is 0 Å². The van der Waals surface area contributed by atoms with Crippen LogP contribution in [-0.2, 0) is 27.7 Å². The summed E-state index contributed by atoms with van der Waals surface area (Å²) in [5.74, 6) is -0.724. The number of nitrogens with one attached hydrogen (secondary N) is 4. The van der Waals surface area contributed by atoms with Gasteiger partial charge in [-0.1, -0.05) is 23.5 Å². The first-order valence-electron chi connectivity index (χ1n) is 10.4. The van der Waals surface area contributed by atoms with Crippen molar-refractivity contribution < 1.29 is 37.8 Å². The Balaban J connectivity index is 0.00000159. The van der Waals surface area contributed by atoms with E-state index in [2.05, 4.69) is 31.1 Å². The van der Waals surface area contributed by atoms with Crippen molar-refractivity contribution in [2.24, 2.45) is 10.7 Å². The van der Waals surface area contributed by atoms with Gasteiger partial charge in [-0.05, 0) is 30.5 Å². The van der Waals surface area contributed by atoms with E-state index in [0.717, 1.165) is 29.5 Å². The molecule has 0 atom stereocenters. The van der Waals surface area contributed by atoms with Gasteiger partial charge in [0.1, 0.15) is 4.88 Å². The highest BCUT2D eigenvalue weighted by molar-refractivity contribution is 7.88.